The molecule has 0 spiro atoms. The van der Waals surface area contributed by atoms with Gasteiger partial charge in [-0.15, -0.1) is 0 Å². The largest absolute Gasteiger partial charge is 0.368 e. The van der Waals surface area contributed by atoms with Crippen LogP contribution < -0.4 is 0 Å². The topological polar surface area (TPSA) is 36.9 Å². The molecule has 4 nitrogen and oxygen atoms in total. The zero-order valence-corrected chi connectivity index (χ0v) is 12.2. The van der Waals surface area contributed by atoms with Crippen LogP contribution in [-0.4, -0.2) is 37.8 Å². The minimum atomic E-state index is -0.301. The van der Waals surface area contributed by atoms with Crippen molar-refractivity contribution >= 4 is 11.6 Å². The minimum absolute atomic E-state index is 0.00517. The molecule has 0 bridgehead atoms. The first kappa shape index (κ1) is 14.3. The fourth-order valence-electron chi connectivity index (χ4n) is 2.68. The molecule has 0 saturated carbocycles. The maximum absolute atomic E-state index is 6.15. The fraction of sp³-hybridized carbons (Fsp3) is 0.600. The third-order valence-corrected chi connectivity index (χ3v) is 4.10. The van der Waals surface area contributed by atoms with Gasteiger partial charge in [0, 0.05) is 5.02 Å². The second-order valence-corrected chi connectivity index (χ2v) is 5.43. The monoisotopic (exact) mass is 298 g/mol. The average Bonchev–Trinajstić information content (AvgIpc) is 2.84. The Hall–Kier alpha value is -0.650. The SMILES string of the molecule is CC[C@H]1O[C@@H]2OCCO[C@@H]2[C@H]1OCc1ccccc1Cl. The first-order valence-electron chi connectivity index (χ1n) is 7.03. The van der Waals surface area contributed by atoms with Crippen LogP contribution >= 0.6 is 11.6 Å². The minimum Gasteiger partial charge on any atom is -0.368 e. The Morgan fingerprint density at radius 3 is 2.85 bits per heavy atom. The predicted octanol–water partition coefficient (Wildman–Crippen LogP) is 2.78. The summed E-state index contributed by atoms with van der Waals surface area (Å²) in [6.45, 7) is 3.70. The van der Waals surface area contributed by atoms with Crippen molar-refractivity contribution in [2.24, 2.45) is 0 Å². The average molecular weight is 299 g/mol. The maximum atomic E-state index is 6.15. The van der Waals surface area contributed by atoms with Crippen LogP contribution in [0.25, 0.3) is 0 Å². The molecule has 5 heteroatoms. The third kappa shape index (κ3) is 2.85. The van der Waals surface area contributed by atoms with Gasteiger partial charge in [0.25, 0.3) is 0 Å². The molecule has 3 rings (SSSR count). The molecule has 0 N–H and O–H groups in total. The molecule has 1 aromatic carbocycles. The van der Waals surface area contributed by atoms with E-state index in [2.05, 4.69) is 6.92 Å². The Morgan fingerprint density at radius 1 is 1.25 bits per heavy atom. The van der Waals surface area contributed by atoms with Crippen molar-refractivity contribution in [2.75, 3.05) is 13.2 Å². The second kappa shape index (κ2) is 6.41. The number of rotatable bonds is 4. The summed E-state index contributed by atoms with van der Waals surface area (Å²) in [4.78, 5) is 0. The molecule has 0 radical (unpaired) electrons. The van der Waals surface area contributed by atoms with Crippen molar-refractivity contribution in [1.29, 1.82) is 0 Å². The molecule has 0 unspecified atom stereocenters. The van der Waals surface area contributed by atoms with Crippen molar-refractivity contribution < 1.29 is 18.9 Å². The number of hydrogen-bond acceptors (Lipinski definition) is 4. The van der Waals surface area contributed by atoms with E-state index in [1.807, 2.05) is 24.3 Å². The van der Waals surface area contributed by atoms with Gasteiger partial charge in [-0.1, -0.05) is 36.7 Å². The van der Waals surface area contributed by atoms with Crippen LogP contribution in [0.2, 0.25) is 5.02 Å². The van der Waals surface area contributed by atoms with E-state index >= 15 is 0 Å². The van der Waals surface area contributed by atoms with Gasteiger partial charge in [-0.2, -0.15) is 0 Å². The van der Waals surface area contributed by atoms with Crippen LogP contribution in [0.5, 0.6) is 0 Å². The van der Waals surface area contributed by atoms with E-state index in [1.54, 1.807) is 0 Å². The molecule has 20 heavy (non-hydrogen) atoms. The van der Waals surface area contributed by atoms with E-state index in [0.717, 1.165) is 17.0 Å². The van der Waals surface area contributed by atoms with Gasteiger partial charge in [-0.05, 0) is 18.1 Å². The lowest BCUT2D eigenvalue weighted by molar-refractivity contribution is -0.222. The Labute approximate surface area is 123 Å². The summed E-state index contributed by atoms with van der Waals surface area (Å²) in [6, 6.07) is 7.70. The Morgan fingerprint density at radius 2 is 2.05 bits per heavy atom. The summed E-state index contributed by atoms with van der Waals surface area (Å²) in [5.41, 5.74) is 0.976. The predicted molar refractivity (Wildman–Crippen MR) is 74.7 cm³/mol. The zero-order valence-electron chi connectivity index (χ0n) is 11.5. The van der Waals surface area contributed by atoms with E-state index in [-0.39, 0.29) is 24.6 Å². The first-order chi connectivity index (χ1) is 9.79. The molecular formula is C15H19ClO4. The van der Waals surface area contributed by atoms with Gasteiger partial charge in [0.1, 0.15) is 12.2 Å². The molecular weight excluding hydrogens is 280 g/mol. The Kier molecular flexibility index (Phi) is 4.58. The summed E-state index contributed by atoms with van der Waals surface area (Å²) in [5, 5.41) is 0.719. The molecule has 2 heterocycles. The summed E-state index contributed by atoms with van der Waals surface area (Å²) >= 11 is 6.15. The molecule has 110 valence electrons. The van der Waals surface area contributed by atoms with Gasteiger partial charge in [-0.25, -0.2) is 0 Å². The quantitative estimate of drug-likeness (QED) is 0.856. The number of fused-ring (bicyclic) bond motifs is 1. The molecule has 2 aliphatic rings. The maximum Gasteiger partial charge on any atom is 0.186 e. The lowest BCUT2D eigenvalue weighted by Gasteiger charge is -2.28. The van der Waals surface area contributed by atoms with Crippen LogP contribution in [-0.2, 0) is 25.6 Å². The van der Waals surface area contributed by atoms with E-state index in [0.29, 0.717) is 19.8 Å². The normalized spacial score (nSPS) is 33.1. The molecule has 0 aromatic heterocycles. The number of halogens is 1. The highest BCUT2D eigenvalue weighted by Crippen LogP contribution is 2.32. The highest BCUT2D eigenvalue weighted by atomic mass is 35.5. The van der Waals surface area contributed by atoms with Crippen molar-refractivity contribution in [3.8, 4) is 0 Å². The van der Waals surface area contributed by atoms with Gasteiger partial charge in [-0.3, -0.25) is 0 Å². The smallest absolute Gasteiger partial charge is 0.186 e. The molecule has 2 saturated heterocycles. The first-order valence-corrected chi connectivity index (χ1v) is 7.41. The lowest BCUT2D eigenvalue weighted by atomic mass is 10.1. The van der Waals surface area contributed by atoms with Crippen LogP contribution in [0, 0.1) is 0 Å². The fourth-order valence-corrected chi connectivity index (χ4v) is 2.87. The van der Waals surface area contributed by atoms with Gasteiger partial charge in [0.05, 0.1) is 25.9 Å². The third-order valence-electron chi connectivity index (χ3n) is 3.73. The number of ether oxygens (including phenoxy) is 4. The summed E-state index contributed by atoms with van der Waals surface area (Å²) in [7, 11) is 0. The van der Waals surface area contributed by atoms with Crippen LogP contribution in [0.3, 0.4) is 0 Å². The second-order valence-electron chi connectivity index (χ2n) is 5.02. The molecule has 4 atom stereocenters. The molecule has 2 aliphatic heterocycles. The molecule has 1 aromatic rings. The summed E-state index contributed by atoms with van der Waals surface area (Å²) in [5.74, 6) is 0. The Bertz CT molecular complexity index is 453. The van der Waals surface area contributed by atoms with Gasteiger partial charge in [0.15, 0.2) is 6.29 Å². The molecule has 2 fully saturated rings. The van der Waals surface area contributed by atoms with Crippen LogP contribution in [0.4, 0.5) is 0 Å². The number of hydrogen-bond donors (Lipinski definition) is 0. The van der Waals surface area contributed by atoms with Crippen LogP contribution in [0.15, 0.2) is 24.3 Å². The van der Waals surface area contributed by atoms with Crippen LogP contribution in [0.1, 0.15) is 18.9 Å². The van der Waals surface area contributed by atoms with E-state index in [4.69, 9.17) is 30.5 Å². The van der Waals surface area contributed by atoms with Crippen molar-refractivity contribution in [1.82, 2.24) is 0 Å². The Balaban J connectivity index is 1.67. The van der Waals surface area contributed by atoms with Gasteiger partial charge in [0.2, 0.25) is 0 Å². The molecule has 0 aliphatic carbocycles. The van der Waals surface area contributed by atoms with E-state index < -0.39 is 0 Å². The standard InChI is InChI=1S/C15H19ClO4/c1-2-12-13(14-15(20-12)18-8-7-17-14)19-9-10-5-3-4-6-11(10)16/h3-6,12-15H,2,7-9H2,1H3/t12-,13+,14-,15+/m1/s1. The van der Waals surface area contributed by atoms with Crippen molar-refractivity contribution in [3.05, 3.63) is 34.9 Å². The van der Waals surface area contributed by atoms with Crippen molar-refractivity contribution in [2.45, 2.75) is 44.6 Å². The summed E-state index contributed by atoms with van der Waals surface area (Å²) in [6.07, 6.45) is 0.320. The zero-order chi connectivity index (χ0) is 13.9. The van der Waals surface area contributed by atoms with E-state index in [1.165, 1.54) is 0 Å². The highest BCUT2D eigenvalue weighted by molar-refractivity contribution is 6.31. The number of benzene rings is 1. The van der Waals surface area contributed by atoms with Gasteiger partial charge < -0.3 is 18.9 Å². The van der Waals surface area contributed by atoms with Gasteiger partial charge >= 0.3 is 0 Å². The lowest BCUT2D eigenvalue weighted by Crippen LogP contribution is -2.42. The summed E-state index contributed by atoms with van der Waals surface area (Å²) < 4.78 is 23.2. The van der Waals surface area contributed by atoms with Crippen molar-refractivity contribution in [3.63, 3.8) is 0 Å². The highest BCUT2D eigenvalue weighted by Gasteiger charge is 2.47. The van der Waals surface area contributed by atoms with E-state index in [9.17, 15) is 0 Å². The molecule has 0 amide bonds.